The van der Waals surface area contributed by atoms with E-state index >= 15 is 0 Å². The molecular weight excluding hydrogens is 411 g/mol. The molecule has 2 aromatic rings. The van der Waals surface area contributed by atoms with Crippen LogP contribution < -0.4 is 9.62 Å². The predicted molar refractivity (Wildman–Crippen MR) is 105 cm³/mol. The molecule has 3 rings (SSSR count). The molecule has 0 saturated carbocycles. The highest BCUT2D eigenvalue weighted by Gasteiger charge is 2.42. The maximum atomic E-state index is 12.5. The number of carbonyl (C=O) groups excluding carboxylic acids is 2. The number of anilines is 1. The molecule has 0 aromatic heterocycles. The van der Waals surface area contributed by atoms with E-state index < -0.39 is 27.8 Å². The lowest BCUT2D eigenvalue weighted by Crippen LogP contribution is -2.31. The van der Waals surface area contributed by atoms with Gasteiger partial charge in [-0.2, -0.15) is 0 Å². The second-order valence-corrected chi connectivity index (χ2v) is 8.90. The van der Waals surface area contributed by atoms with Gasteiger partial charge in [-0.15, -0.1) is 0 Å². The van der Waals surface area contributed by atoms with Crippen LogP contribution in [0.3, 0.4) is 0 Å². The van der Waals surface area contributed by atoms with Crippen LogP contribution in [-0.2, 0) is 21.4 Å². The Labute approximate surface area is 167 Å². The molecule has 1 aliphatic rings. The van der Waals surface area contributed by atoms with Crippen LogP contribution in [0.15, 0.2) is 42.5 Å². The van der Waals surface area contributed by atoms with Crippen LogP contribution in [0.1, 0.15) is 22.8 Å². The van der Waals surface area contributed by atoms with Crippen molar-refractivity contribution in [2.45, 2.75) is 13.5 Å². The number of nitrogens with one attached hydrogen (secondary N) is 1. The summed E-state index contributed by atoms with van der Waals surface area (Å²) >= 11 is 12.2. The van der Waals surface area contributed by atoms with E-state index in [1.165, 1.54) is 18.2 Å². The quantitative estimate of drug-likeness (QED) is 0.812. The highest BCUT2D eigenvalue weighted by atomic mass is 35.5. The third-order valence-corrected chi connectivity index (χ3v) is 6.75. The van der Waals surface area contributed by atoms with E-state index in [0.29, 0.717) is 5.02 Å². The highest BCUT2D eigenvalue weighted by Crippen LogP contribution is 2.31. The van der Waals surface area contributed by atoms with Crippen molar-refractivity contribution < 1.29 is 18.0 Å². The number of amides is 2. The molecule has 27 heavy (non-hydrogen) atoms. The smallest absolute Gasteiger partial charge is 0.253 e. The summed E-state index contributed by atoms with van der Waals surface area (Å²) in [5.41, 5.74) is 0.895. The van der Waals surface area contributed by atoms with Gasteiger partial charge >= 0.3 is 0 Å². The van der Waals surface area contributed by atoms with Crippen LogP contribution in [0.4, 0.5) is 5.69 Å². The fourth-order valence-electron chi connectivity index (χ4n) is 2.81. The first kappa shape index (κ1) is 19.7. The zero-order valence-electron chi connectivity index (χ0n) is 14.3. The van der Waals surface area contributed by atoms with Gasteiger partial charge in [0.15, 0.2) is 0 Å². The summed E-state index contributed by atoms with van der Waals surface area (Å²) in [6, 6.07) is 11.2. The summed E-state index contributed by atoms with van der Waals surface area (Å²) in [5.74, 6) is -1.93. The fourth-order valence-corrected chi connectivity index (χ4v) is 5.03. The van der Waals surface area contributed by atoms with Crippen molar-refractivity contribution >= 4 is 50.7 Å². The number of sulfonamides is 1. The standard InChI is InChI=1S/C18H16Cl2N2O4S/c1-11-10-27(25,26)22(18(11)24)13-6-7-16(20)14(8-13)17(23)21-9-12-4-2-3-5-15(12)19/h2-8,11H,9-10H2,1H3,(H,21,23). The summed E-state index contributed by atoms with van der Waals surface area (Å²) in [6.45, 7) is 1.73. The Hall–Kier alpha value is -2.09. The van der Waals surface area contributed by atoms with Gasteiger partial charge in [0.05, 0.1) is 27.9 Å². The number of halogens is 2. The normalized spacial score (nSPS) is 18.6. The molecule has 1 unspecified atom stereocenters. The van der Waals surface area contributed by atoms with E-state index in [-0.39, 0.29) is 28.6 Å². The number of benzene rings is 2. The fraction of sp³-hybridized carbons (Fsp3) is 0.222. The van der Waals surface area contributed by atoms with E-state index in [0.717, 1.165) is 9.87 Å². The zero-order chi connectivity index (χ0) is 19.8. The van der Waals surface area contributed by atoms with Gasteiger partial charge in [-0.3, -0.25) is 9.59 Å². The van der Waals surface area contributed by atoms with Crippen LogP contribution in [0.2, 0.25) is 10.0 Å². The van der Waals surface area contributed by atoms with Crippen molar-refractivity contribution in [3.05, 3.63) is 63.6 Å². The Balaban J connectivity index is 1.86. The van der Waals surface area contributed by atoms with Crippen molar-refractivity contribution in [3.8, 4) is 0 Å². The van der Waals surface area contributed by atoms with Gasteiger partial charge in [0, 0.05) is 11.6 Å². The van der Waals surface area contributed by atoms with Gasteiger partial charge in [-0.25, -0.2) is 12.7 Å². The molecule has 1 heterocycles. The molecule has 1 aliphatic heterocycles. The van der Waals surface area contributed by atoms with Gasteiger partial charge in [0.25, 0.3) is 5.91 Å². The van der Waals surface area contributed by atoms with Gasteiger partial charge < -0.3 is 5.32 Å². The Kier molecular flexibility index (Phi) is 5.46. The maximum absolute atomic E-state index is 12.5. The second-order valence-electron chi connectivity index (χ2n) is 6.22. The minimum absolute atomic E-state index is 0.0729. The molecule has 1 saturated heterocycles. The SMILES string of the molecule is CC1CS(=O)(=O)N(c2ccc(Cl)c(C(=O)NCc3ccccc3Cl)c2)C1=O. The molecule has 0 aliphatic carbocycles. The predicted octanol–water partition coefficient (Wildman–Crippen LogP) is 3.24. The summed E-state index contributed by atoms with van der Waals surface area (Å²) in [7, 11) is -3.76. The number of rotatable bonds is 4. The van der Waals surface area contributed by atoms with Crippen LogP contribution in [-0.4, -0.2) is 26.0 Å². The lowest BCUT2D eigenvalue weighted by Gasteiger charge is -2.17. The zero-order valence-corrected chi connectivity index (χ0v) is 16.6. The monoisotopic (exact) mass is 426 g/mol. The van der Waals surface area contributed by atoms with E-state index in [2.05, 4.69) is 5.32 Å². The minimum atomic E-state index is -3.76. The number of hydrogen-bond acceptors (Lipinski definition) is 4. The molecule has 1 fully saturated rings. The maximum Gasteiger partial charge on any atom is 0.253 e. The molecular formula is C18H16Cl2N2O4S. The van der Waals surface area contributed by atoms with Gasteiger partial charge in [-0.05, 0) is 29.8 Å². The number of carbonyl (C=O) groups is 2. The van der Waals surface area contributed by atoms with E-state index in [1.807, 2.05) is 0 Å². The van der Waals surface area contributed by atoms with Gasteiger partial charge in [0.1, 0.15) is 0 Å². The lowest BCUT2D eigenvalue weighted by atomic mass is 10.1. The first-order chi connectivity index (χ1) is 12.7. The third kappa shape index (κ3) is 3.95. The van der Waals surface area contributed by atoms with E-state index in [4.69, 9.17) is 23.2 Å². The van der Waals surface area contributed by atoms with Gasteiger partial charge in [-0.1, -0.05) is 48.3 Å². The Morgan fingerprint density at radius 2 is 1.89 bits per heavy atom. The van der Waals surface area contributed by atoms with E-state index in [1.54, 1.807) is 31.2 Å². The van der Waals surface area contributed by atoms with Crippen molar-refractivity contribution in [3.63, 3.8) is 0 Å². The van der Waals surface area contributed by atoms with Crippen molar-refractivity contribution in [2.75, 3.05) is 10.1 Å². The molecule has 6 nitrogen and oxygen atoms in total. The molecule has 0 radical (unpaired) electrons. The van der Waals surface area contributed by atoms with E-state index in [9.17, 15) is 18.0 Å². The molecule has 0 bridgehead atoms. The van der Waals surface area contributed by atoms with Crippen molar-refractivity contribution in [2.24, 2.45) is 5.92 Å². The summed E-state index contributed by atoms with van der Waals surface area (Å²) < 4.78 is 25.2. The Bertz CT molecular complexity index is 1020. The highest BCUT2D eigenvalue weighted by molar-refractivity contribution is 7.94. The summed E-state index contributed by atoms with van der Waals surface area (Å²) in [6.07, 6.45) is 0. The minimum Gasteiger partial charge on any atom is -0.348 e. The Morgan fingerprint density at radius 3 is 2.52 bits per heavy atom. The molecule has 2 aromatic carbocycles. The van der Waals surface area contributed by atoms with Crippen molar-refractivity contribution in [1.82, 2.24) is 5.32 Å². The number of nitrogens with zero attached hydrogens (tertiary/aromatic N) is 1. The Morgan fingerprint density at radius 1 is 1.19 bits per heavy atom. The molecule has 1 atom stereocenters. The molecule has 1 N–H and O–H groups in total. The average molecular weight is 427 g/mol. The third-order valence-electron chi connectivity index (χ3n) is 4.19. The number of hydrogen-bond donors (Lipinski definition) is 1. The summed E-state index contributed by atoms with van der Waals surface area (Å²) in [5, 5.41) is 3.35. The largest absolute Gasteiger partial charge is 0.348 e. The second kappa shape index (κ2) is 7.50. The van der Waals surface area contributed by atoms with Crippen molar-refractivity contribution in [1.29, 1.82) is 0 Å². The summed E-state index contributed by atoms with van der Waals surface area (Å²) in [4.78, 5) is 24.8. The molecule has 9 heteroatoms. The molecule has 142 valence electrons. The molecule has 2 amide bonds. The molecule has 0 spiro atoms. The van der Waals surface area contributed by atoms with Gasteiger partial charge in [0.2, 0.25) is 15.9 Å². The van der Waals surface area contributed by atoms with Crippen LogP contribution in [0, 0.1) is 5.92 Å². The topological polar surface area (TPSA) is 83.6 Å². The first-order valence-electron chi connectivity index (χ1n) is 8.08. The lowest BCUT2D eigenvalue weighted by molar-refractivity contribution is -0.119. The first-order valence-corrected chi connectivity index (χ1v) is 10.4. The van der Waals surface area contributed by atoms with Crippen LogP contribution in [0.25, 0.3) is 0 Å². The van der Waals surface area contributed by atoms with Crippen LogP contribution >= 0.6 is 23.2 Å². The van der Waals surface area contributed by atoms with Crippen LogP contribution in [0.5, 0.6) is 0 Å². The average Bonchev–Trinajstić information content (AvgIpc) is 2.82.